The van der Waals surface area contributed by atoms with Gasteiger partial charge in [0.05, 0.1) is 0 Å². The third-order valence-electron chi connectivity index (χ3n) is 1.75. The van der Waals surface area contributed by atoms with Gasteiger partial charge in [-0.3, -0.25) is 0 Å². The molecule has 0 aliphatic carbocycles. The van der Waals surface area contributed by atoms with E-state index in [4.69, 9.17) is 5.73 Å². The molecule has 13 heavy (non-hydrogen) atoms. The lowest BCUT2D eigenvalue weighted by Crippen LogP contribution is -2.40. The Kier molecular flexibility index (Phi) is 3.09. The number of hydrogen-bond donors (Lipinski definition) is 1. The lowest BCUT2D eigenvalue weighted by Gasteiger charge is -2.22. The zero-order chi connectivity index (χ0) is 10.2. The van der Waals surface area contributed by atoms with Crippen LogP contribution in [-0.2, 0) is 5.54 Å². The molecule has 0 fully saturated rings. The number of alkyl halides is 2. The molecule has 1 rings (SSSR count). The molecule has 2 N–H and O–H groups in total. The molecule has 1 aromatic rings. The van der Waals surface area contributed by atoms with E-state index in [0.717, 1.165) is 4.88 Å². The molecule has 1 aromatic heterocycles. The van der Waals surface area contributed by atoms with Gasteiger partial charge in [0, 0.05) is 14.2 Å². The first-order valence-corrected chi connectivity index (χ1v) is 5.30. The van der Waals surface area contributed by atoms with E-state index in [-0.39, 0.29) is 0 Å². The third-order valence-corrected chi connectivity index (χ3v) is 3.94. The Labute approximate surface area is 88.1 Å². The van der Waals surface area contributed by atoms with Crippen LogP contribution in [0.2, 0.25) is 0 Å². The van der Waals surface area contributed by atoms with Crippen molar-refractivity contribution in [1.29, 1.82) is 0 Å². The quantitative estimate of drug-likeness (QED) is 0.877. The molecule has 0 radical (unpaired) electrons. The zero-order valence-corrected chi connectivity index (χ0v) is 9.68. The van der Waals surface area contributed by atoms with Gasteiger partial charge in [-0.1, -0.05) is 0 Å². The van der Waals surface area contributed by atoms with Gasteiger partial charge < -0.3 is 5.73 Å². The van der Waals surface area contributed by atoms with Crippen LogP contribution in [0.3, 0.4) is 0 Å². The van der Waals surface area contributed by atoms with Gasteiger partial charge in [0.15, 0.2) is 0 Å². The minimum Gasteiger partial charge on any atom is -0.316 e. The summed E-state index contributed by atoms with van der Waals surface area (Å²) in [5.41, 5.74) is 3.97. The summed E-state index contributed by atoms with van der Waals surface area (Å²) in [7, 11) is 0. The lowest BCUT2D eigenvalue weighted by molar-refractivity contribution is 0.0641. The van der Waals surface area contributed by atoms with Gasteiger partial charge in [-0.15, -0.1) is 11.3 Å². The summed E-state index contributed by atoms with van der Waals surface area (Å²) >= 11 is 4.52. The van der Waals surface area contributed by atoms with Crippen LogP contribution in [-0.4, -0.2) is 6.43 Å². The first-order valence-electron chi connectivity index (χ1n) is 3.69. The van der Waals surface area contributed by atoms with E-state index in [9.17, 15) is 8.78 Å². The number of aryl methyl sites for hydroxylation is 1. The summed E-state index contributed by atoms with van der Waals surface area (Å²) in [4.78, 5) is 1.47. The zero-order valence-electron chi connectivity index (χ0n) is 7.27. The molecule has 0 aliphatic heterocycles. The topological polar surface area (TPSA) is 26.0 Å². The molecule has 5 heteroatoms. The highest BCUT2D eigenvalue weighted by Gasteiger charge is 2.35. The molecule has 74 valence electrons. The molecular weight excluding hydrogens is 260 g/mol. The van der Waals surface area contributed by atoms with Crippen LogP contribution in [0, 0.1) is 6.92 Å². The molecule has 0 spiro atoms. The molecule has 0 amide bonds. The lowest BCUT2D eigenvalue weighted by atomic mass is 10.0. The van der Waals surface area contributed by atoms with Crippen molar-refractivity contribution in [1.82, 2.24) is 0 Å². The van der Waals surface area contributed by atoms with Crippen molar-refractivity contribution in [3.8, 4) is 0 Å². The first kappa shape index (κ1) is 11.1. The highest BCUT2D eigenvalue weighted by molar-refractivity contribution is 9.10. The molecule has 1 nitrogen and oxygen atoms in total. The van der Waals surface area contributed by atoms with Crippen molar-refractivity contribution in [3.05, 3.63) is 20.3 Å². The maximum Gasteiger partial charge on any atom is 0.260 e. The summed E-state index contributed by atoms with van der Waals surface area (Å²) in [6.45, 7) is 3.20. The molecule has 0 saturated carbocycles. The Morgan fingerprint density at radius 3 is 2.46 bits per heavy atom. The van der Waals surface area contributed by atoms with Crippen LogP contribution in [0.1, 0.15) is 16.7 Å². The second-order valence-electron chi connectivity index (χ2n) is 3.12. The van der Waals surface area contributed by atoms with E-state index in [0.29, 0.717) is 9.35 Å². The van der Waals surface area contributed by atoms with Crippen molar-refractivity contribution in [2.24, 2.45) is 5.73 Å². The predicted octanol–water partition coefficient (Wildman–Crippen LogP) is 3.26. The molecule has 1 unspecified atom stereocenters. The Morgan fingerprint density at radius 1 is 1.62 bits per heavy atom. The van der Waals surface area contributed by atoms with Crippen molar-refractivity contribution in [2.45, 2.75) is 25.8 Å². The number of rotatable bonds is 2. The molecule has 0 aliphatic rings. The highest BCUT2D eigenvalue weighted by atomic mass is 79.9. The maximum absolute atomic E-state index is 12.5. The van der Waals surface area contributed by atoms with Crippen LogP contribution in [0.5, 0.6) is 0 Å². The number of hydrogen-bond acceptors (Lipinski definition) is 2. The maximum atomic E-state index is 12.5. The van der Waals surface area contributed by atoms with Gasteiger partial charge in [0.25, 0.3) is 6.43 Å². The van der Waals surface area contributed by atoms with Crippen molar-refractivity contribution in [3.63, 3.8) is 0 Å². The summed E-state index contributed by atoms with van der Waals surface area (Å²) in [6.07, 6.45) is -2.55. The summed E-state index contributed by atoms with van der Waals surface area (Å²) in [6, 6.07) is 1.80. The molecule has 1 heterocycles. The first-order chi connectivity index (χ1) is 5.85. The fourth-order valence-corrected chi connectivity index (χ4v) is 3.08. The molecule has 0 bridgehead atoms. The average molecular weight is 270 g/mol. The standard InChI is InChI=1S/C8H10BrF2NS/c1-4-3-5(9)6(13-4)8(2,12)7(10)11/h3,7H,12H2,1-2H3. The second kappa shape index (κ2) is 3.63. The number of nitrogens with two attached hydrogens (primary N) is 1. The number of thiophene rings is 1. The van der Waals surface area contributed by atoms with Gasteiger partial charge in [-0.2, -0.15) is 0 Å². The van der Waals surface area contributed by atoms with Crippen LogP contribution in [0.15, 0.2) is 10.5 Å². The molecular formula is C8H10BrF2NS. The van der Waals surface area contributed by atoms with Gasteiger partial charge in [0.2, 0.25) is 0 Å². The van der Waals surface area contributed by atoms with Crippen LogP contribution < -0.4 is 5.73 Å². The van der Waals surface area contributed by atoms with E-state index >= 15 is 0 Å². The highest BCUT2D eigenvalue weighted by Crippen LogP contribution is 2.37. The summed E-state index contributed by atoms with van der Waals surface area (Å²) < 4.78 is 25.8. The van der Waals surface area contributed by atoms with Crippen LogP contribution >= 0.6 is 27.3 Å². The summed E-state index contributed by atoms with van der Waals surface area (Å²) in [5, 5.41) is 0. The molecule has 0 aromatic carbocycles. The van der Waals surface area contributed by atoms with E-state index in [1.807, 2.05) is 6.92 Å². The Hall–Kier alpha value is -0.0000000000000000555. The molecule has 0 saturated heterocycles. The SMILES string of the molecule is Cc1cc(Br)c(C(C)(N)C(F)F)s1. The fourth-order valence-electron chi connectivity index (χ4n) is 0.950. The Bertz CT molecular complexity index is 309. The molecule has 1 atom stereocenters. The third kappa shape index (κ3) is 2.08. The van der Waals surface area contributed by atoms with Crippen LogP contribution in [0.25, 0.3) is 0 Å². The van der Waals surface area contributed by atoms with Gasteiger partial charge in [-0.25, -0.2) is 8.78 Å². The minimum absolute atomic E-state index is 0.500. The van der Waals surface area contributed by atoms with Gasteiger partial charge in [-0.05, 0) is 35.8 Å². The van der Waals surface area contributed by atoms with E-state index in [2.05, 4.69) is 15.9 Å². The monoisotopic (exact) mass is 269 g/mol. The van der Waals surface area contributed by atoms with Gasteiger partial charge in [0.1, 0.15) is 5.54 Å². The van der Waals surface area contributed by atoms with Crippen molar-refractivity contribution >= 4 is 27.3 Å². The predicted molar refractivity (Wildman–Crippen MR) is 54.3 cm³/mol. The Morgan fingerprint density at radius 2 is 2.15 bits per heavy atom. The van der Waals surface area contributed by atoms with Crippen molar-refractivity contribution in [2.75, 3.05) is 0 Å². The largest absolute Gasteiger partial charge is 0.316 e. The van der Waals surface area contributed by atoms with E-state index < -0.39 is 12.0 Å². The van der Waals surface area contributed by atoms with Crippen LogP contribution in [0.4, 0.5) is 8.78 Å². The average Bonchev–Trinajstić information content (AvgIpc) is 2.30. The fraction of sp³-hybridized carbons (Fsp3) is 0.500. The van der Waals surface area contributed by atoms with E-state index in [1.165, 1.54) is 18.3 Å². The normalized spacial score (nSPS) is 16.2. The number of halogens is 3. The summed E-state index contributed by atoms with van der Waals surface area (Å²) in [5.74, 6) is 0. The van der Waals surface area contributed by atoms with Crippen molar-refractivity contribution < 1.29 is 8.78 Å². The second-order valence-corrected chi connectivity index (χ2v) is 5.23. The van der Waals surface area contributed by atoms with Gasteiger partial charge >= 0.3 is 0 Å². The minimum atomic E-state index is -2.55. The smallest absolute Gasteiger partial charge is 0.260 e. The van der Waals surface area contributed by atoms with E-state index in [1.54, 1.807) is 6.07 Å². The Balaban J connectivity index is 3.13.